The largest absolute Gasteiger partial charge is 0.497 e. The molecular formula is C21H19N3O5. The lowest BCUT2D eigenvalue weighted by Gasteiger charge is -2.16. The van der Waals surface area contributed by atoms with E-state index in [0.29, 0.717) is 41.7 Å². The number of fused-ring (bicyclic) bond motifs is 1. The number of ether oxygens (including phenoxy) is 1. The van der Waals surface area contributed by atoms with Crippen LogP contribution in [0.3, 0.4) is 0 Å². The molecule has 2 aromatic carbocycles. The van der Waals surface area contributed by atoms with Gasteiger partial charge >= 0.3 is 0 Å². The third-order valence-electron chi connectivity index (χ3n) is 5.00. The van der Waals surface area contributed by atoms with Gasteiger partial charge in [-0.2, -0.15) is 0 Å². The second kappa shape index (κ2) is 7.38. The summed E-state index contributed by atoms with van der Waals surface area (Å²) in [5.74, 6) is 1.50. The molecule has 0 fully saturated rings. The van der Waals surface area contributed by atoms with Crippen molar-refractivity contribution in [1.82, 2.24) is 4.98 Å². The van der Waals surface area contributed by atoms with Gasteiger partial charge < -0.3 is 14.1 Å². The smallest absolute Gasteiger partial charge is 0.271 e. The van der Waals surface area contributed by atoms with Crippen LogP contribution in [0.5, 0.6) is 5.75 Å². The summed E-state index contributed by atoms with van der Waals surface area (Å²) >= 11 is 0. The van der Waals surface area contributed by atoms with E-state index in [2.05, 4.69) is 4.98 Å². The van der Waals surface area contributed by atoms with Crippen molar-refractivity contribution >= 4 is 17.3 Å². The zero-order valence-electron chi connectivity index (χ0n) is 16.0. The maximum Gasteiger partial charge on any atom is 0.271 e. The van der Waals surface area contributed by atoms with Crippen LogP contribution in [-0.2, 0) is 17.6 Å². The number of rotatable bonds is 5. The summed E-state index contributed by atoms with van der Waals surface area (Å²) in [7, 11) is 1.59. The van der Waals surface area contributed by atoms with Gasteiger partial charge in [0.1, 0.15) is 11.5 Å². The fourth-order valence-corrected chi connectivity index (χ4v) is 3.45. The van der Waals surface area contributed by atoms with Crippen molar-refractivity contribution in [3.8, 4) is 17.2 Å². The van der Waals surface area contributed by atoms with Crippen LogP contribution in [0, 0.1) is 17.0 Å². The van der Waals surface area contributed by atoms with Crippen LogP contribution in [0.2, 0.25) is 0 Å². The summed E-state index contributed by atoms with van der Waals surface area (Å²) in [6.07, 6.45) is 0.730. The lowest BCUT2D eigenvalue weighted by atomic mass is 10.1. The van der Waals surface area contributed by atoms with Crippen LogP contribution in [0.1, 0.15) is 17.0 Å². The highest BCUT2D eigenvalue weighted by Gasteiger charge is 2.28. The Balaban J connectivity index is 1.57. The first-order valence-corrected chi connectivity index (χ1v) is 9.14. The second-order valence-electron chi connectivity index (χ2n) is 6.80. The van der Waals surface area contributed by atoms with Gasteiger partial charge in [-0.3, -0.25) is 14.9 Å². The fourth-order valence-electron chi connectivity index (χ4n) is 3.45. The normalized spacial score (nSPS) is 12.7. The molecule has 0 spiro atoms. The topological polar surface area (TPSA) is 98.7 Å². The zero-order valence-corrected chi connectivity index (χ0v) is 16.0. The van der Waals surface area contributed by atoms with E-state index in [-0.39, 0.29) is 18.0 Å². The van der Waals surface area contributed by atoms with Gasteiger partial charge in [0.25, 0.3) is 5.69 Å². The summed E-state index contributed by atoms with van der Waals surface area (Å²) in [5.41, 5.74) is 2.80. The van der Waals surface area contributed by atoms with Crippen LogP contribution < -0.4 is 9.64 Å². The number of aromatic nitrogens is 1. The molecule has 0 saturated heterocycles. The number of aryl methyl sites for hydroxylation is 1. The maximum atomic E-state index is 12.9. The van der Waals surface area contributed by atoms with E-state index in [4.69, 9.17) is 9.15 Å². The predicted molar refractivity (Wildman–Crippen MR) is 106 cm³/mol. The van der Waals surface area contributed by atoms with Gasteiger partial charge in [-0.05, 0) is 37.1 Å². The minimum atomic E-state index is -0.455. The molecule has 1 aliphatic heterocycles. The van der Waals surface area contributed by atoms with E-state index in [1.54, 1.807) is 25.0 Å². The second-order valence-corrected chi connectivity index (χ2v) is 6.80. The molecule has 0 atom stereocenters. The highest BCUT2D eigenvalue weighted by atomic mass is 16.6. The molecule has 1 aromatic heterocycles. The van der Waals surface area contributed by atoms with Crippen LogP contribution in [0.15, 0.2) is 46.9 Å². The van der Waals surface area contributed by atoms with Gasteiger partial charge in [0.2, 0.25) is 11.8 Å². The number of oxazole rings is 1. The molecule has 148 valence electrons. The number of amides is 1. The van der Waals surface area contributed by atoms with Crippen molar-refractivity contribution in [1.29, 1.82) is 0 Å². The van der Waals surface area contributed by atoms with Gasteiger partial charge in [0.15, 0.2) is 0 Å². The molecule has 0 saturated carbocycles. The molecule has 0 radical (unpaired) electrons. The minimum absolute atomic E-state index is 0.0265. The Labute approximate surface area is 166 Å². The molecule has 4 rings (SSSR count). The zero-order chi connectivity index (χ0) is 20.5. The van der Waals surface area contributed by atoms with Crippen LogP contribution in [0.25, 0.3) is 11.5 Å². The average Bonchev–Trinajstić information content (AvgIpc) is 3.31. The summed E-state index contributed by atoms with van der Waals surface area (Å²) in [6, 6.07) is 12.0. The number of nitro benzene ring substituents is 1. The average molecular weight is 393 g/mol. The Hall–Kier alpha value is -3.68. The number of nitrogens with zero attached hydrogens (tertiary/aromatic N) is 3. The molecule has 8 heteroatoms. The molecule has 2 heterocycles. The molecule has 3 aromatic rings. The number of nitro groups is 1. The van der Waals surface area contributed by atoms with Crippen LogP contribution in [0.4, 0.5) is 11.4 Å². The fraction of sp³-hybridized carbons (Fsp3) is 0.238. The Morgan fingerprint density at radius 3 is 2.90 bits per heavy atom. The summed E-state index contributed by atoms with van der Waals surface area (Å²) in [5, 5.41) is 11.1. The monoisotopic (exact) mass is 393 g/mol. The highest BCUT2D eigenvalue weighted by Crippen LogP contribution is 2.32. The summed E-state index contributed by atoms with van der Waals surface area (Å²) in [4.78, 5) is 29.6. The molecule has 0 bridgehead atoms. The third kappa shape index (κ3) is 3.56. The molecule has 1 amide bonds. The number of carbonyl (C=O) groups excluding carboxylic acids is 1. The first-order valence-electron chi connectivity index (χ1n) is 9.14. The Morgan fingerprint density at radius 1 is 1.31 bits per heavy atom. The van der Waals surface area contributed by atoms with Gasteiger partial charge in [-0.15, -0.1) is 0 Å². The van der Waals surface area contributed by atoms with E-state index >= 15 is 0 Å². The lowest BCUT2D eigenvalue weighted by molar-refractivity contribution is -0.384. The van der Waals surface area contributed by atoms with E-state index in [9.17, 15) is 14.9 Å². The predicted octanol–water partition coefficient (Wildman–Crippen LogP) is 3.70. The first kappa shape index (κ1) is 18.7. The number of hydrogen-bond acceptors (Lipinski definition) is 6. The molecule has 0 unspecified atom stereocenters. The van der Waals surface area contributed by atoms with Crippen LogP contribution in [-0.4, -0.2) is 29.5 Å². The number of methoxy groups -OCH3 is 1. The third-order valence-corrected chi connectivity index (χ3v) is 5.00. The molecule has 0 aliphatic carbocycles. The Bertz CT molecular complexity index is 1110. The number of non-ortho nitro benzene ring substituents is 1. The van der Waals surface area contributed by atoms with Crippen LogP contribution >= 0.6 is 0 Å². The number of benzene rings is 2. The number of carbonyl (C=O) groups is 1. The highest BCUT2D eigenvalue weighted by molar-refractivity contribution is 5.97. The summed E-state index contributed by atoms with van der Waals surface area (Å²) < 4.78 is 11.0. The summed E-state index contributed by atoms with van der Waals surface area (Å²) in [6.45, 7) is 2.26. The quantitative estimate of drug-likeness (QED) is 0.484. The van der Waals surface area contributed by atoms with Crippen molar-refractivity contribution in [3.63, 3.8) is 0 Å². The van der Waals surface area contributed by atoms with Crippen molar-refractivity contribution < 1.29 is 18.9 Å². The van der Waals surface area contributed by atoms with Gasteiger partial charge in [-0.25, -0.2) is 4.98 Å². The molecular weight excluding hydrogens is 374 g/mol. The number of hydrogen-bond donors (Lipinski definition) is 0. The standard InChI is InChI=1S/C21H19N3O5/c1-13-18(22-21(29-13)15-4-3-5-17(10-15)28-2)12-20(25)23-9-8-14-6-7-16(24(26)27)11-19(14)23/h3-7,10-11H,8-9,12H2,1-2H3. The van der Waals surface area contributed by atoms with E-state index in [1.807, 2.05) is 24.3 Å². The Kier molecular flexibility index (Phi) is 4.75. The molecule has 29 heavy (non-hydrogen) atoms. The molecule has 8 nitrogen and oxygen atoms in total. The van der Waals surface area contributed by atoms with Crippen molar-refractivity contribution in [2.24, 2.45) is 0 Å². The van der Waals surface area contributed by atoms with Gasteiger partial charge in [0, 0.05) is 24.2 Å². The Morgan fingerprint density at radius 2 is 2.14 bits per heavy atom. The molecule has 1 aliphatic rings. The maximum absolute atomic E-state index is 12.9. The van der Waals surface area contributed by atoms with E-state index in [1.165, 1.54) is 12.1 Å². The van der Waals surface area contributed by atoms with Gasteiger partial charge in [0.05, 0.1) is 29.8 Å². The van der Waals surface area contributed by atoms with Crippen molar-refractivity contribution in [3.05, 3.63) is 69.6 Å². The first-order chi connectivity index (χ1) is 14.0. The van der Waals surface area contributed by atoms with Crippen molar-refractivity contribution in [2.75, 3.05) is 18.6 Å². The minimum Gasteiger partial charge on any atom is -0.497 e. The van der Waals surface area contributed by atoms with Crippen molar-refractivity contribution in [2.45, 2.75) is 19.8 Å². The number of anilines is 1. The SMILES string of the molecule is COc1cccc(-c2nc(CC(=O)N3CCc4ccc([N+](=O)[O-])cc43)c(C)o2)c1. The lowest BCUT2D eigenvalue weighted by Crippen LogP contribution is -2.30. The van der Waals surface area contributed by atoms with Gasteiger partial charge in [-0.1, -0.05) is 12.1 Å². The van der Waals surface area contributed by atoms with E-state index < -0.39 is 4.92 Å². The molecule has 0 N–H and O–H groups in total. The van der Waals surface area contributed by atoms with E-state index in [0.717, 1.165) is 11.1 Å².